The van der Waals surface area contributed by atoms with Crippen molar-refractivity contribution in [2.75, 3.05) is 0 Å². The van der Waals surface area contributed by atoms with Crippen molar-refractivity contribution in [2.24, 2.45) is 5.41 Å². The first-order chi connectivity index (χ1) is 9.15. The van der Waals surface area contributed by atoms with E-state index in [1.807, 2.05) is 22.9 Å². The van der Waals surface area contributed by atoms with Crippen molar-refractivity contribution < 1.29 is 4.92 Å². The van der Waals surface area contributed by atoms with Crippen LogP contribution < -0.4 is 0 Å². The zero-order valence-corrected chi connectivity index (χ0v) is 10.4. The van der Waals surface area contributed by atoms with Crippen LogP contribution in [-0.2, 0) is 6.54 Å². The largest absolute Gasteiger partial charge is 0.341 e. The third kappa shape index (κ3) is 1.95. The summed E-state index contributed by atoms with van der Waals surface area (Å²) in [4.78, 5) is 10.8. The van der Waals surface area contributed by atoms with E-state index in [4.69, 9.17) is 5.26 Å². The highest BCUT2D eigenvalue weighted by Crippen LogP contribution is 2.50. The van der Waals surface area contributed by atoms with Crippen LogP contribution in [0.15, 0.2) is 30.5 Å². The van der Waals surface area contributed by atoms with Crippen molar-refractivity contribution in [3.8, 4) is 6.07 Å². The lowest BCUT2D eigenvalue weighted by Gasteiger charge is -2.13. The Morgan fingerprint density at radius 1 is 1.42 bits per heavy atom. The Kier molecular flexibility index (Phi) is 2.53. The summed E-state index contributed by atoms with van der Waals surface area (Å²) in [5, 5.41) is 20.8. The summed E-state index contributed by atoms with van der Waals surface area (Å²) in [7, 11) is 0. The Bertz CT molecular complexity index is 692. The van der Waals surface area contributed by atoms with Gasteiger partial charge in [-0.2, -0.15) is 5.26 Å². The number of non-ortho nitro benzene ring substituents is 1. The van der Waals surface area contributed by atoms with Crippen LogP contribution in [0.5, 0.6) is 0 Å². The van der Waals surface area contributed by atoms with E-state index in [9.17, 15) is 10.1 Å². The summed E-state index contributed by atoms with van der Waals surface area (Å²) in [5.74, 6) is 0. The number of rotatable bonds is 4. The molecule has 0 amide bonds. The maximum atomic E-state index is 11.1. The molecule has 0 saturated heterocycles. The van der Waals surface area contributed by atoms with Crippen molar-refractivity contribution in [2.45, 2.75) is 25.8 Å². The Hall–Kier alpha value is -2.35. The number of nitriles is 1. The van der Waals surface area contributed by atoms with Gasteiger partial charge in [0.25, 0.3) is 5.69 Å². The fourth-order valence-corrected chi connectivity index (χ4v) is 2.62. The van der Waals surface area contributed by atoms with Crippen molar-refractivity contribution in [3.05, 3.63) is 40.6 Å². The molecule has 96 valence electrons. The van der Waals surface area contributed by atoms with E-state index < -0.39 is 0 Å². The first kappa shape index (κ1) is 11.7. The molecule has 0 atom stereocenters. The van der Waals surface area contributed by atoms with Gasteiger partial charge in [-0.1, -0.05) is 12.1 Å². The minimum atomic E-state index is -0.345. The van der Waals surface area contributed by atoms with E-state index in [1.165, 1.54) is 6.07 Å². The lowest BCUT2D eigenvalue weighted by atomic mass is 10.0. The fourth-order valence-electron chi connectivity index (χ4n) is 2.62. The minimum absolute atomic E-state index is 0.0322. The molecule has 0 aliphatic heterocycles. The molecule has 1 aliphatic rings. The number of hydrogen-bond donors (Lipinski definition) is 0. The van der Waals surface area contributed by atoms with Crippen LogP contribution in [0.4, 0.5) is 5.69 Å². The monoisotopic (exact) mass is 255 g/mol. The molecule has 0 bridgehead atoms. The molecular weight excluding hydrogens is 242 g/mol. The van der Waals surface area contributed by atoms with Crippen LogP contribution in [-0.4, -0.2) is 9.49 Å². The van der Waals surface area contributed by atoms with Crippen LogP contribution in [0.25, 0.3) is 10.9 Å². The summed E-state index contributed by atoms with van der Waals surface area (Å²) in [5.41, 5.74) is 0.830. The lowest BCUT2D eigenvalue weighted by Crippen LogP contribution is -2.10. The third-order valence-corrected chi connectivity index (χ3v) is 3.88. The molecule has 0 spiro atoms. The quantitative estimate of drug-likeness (QED) is 0.621. The number of hydrogen-bond acceptors (Lipinski definition) is 3. The fraction of sp³-hybridized carbons (Fsp3) is 0.357. The summed E-state index contributed by atoms with van der Waals surface area (Å²) in [6, 6.07) is 9.22. The predicted octanol–water partition coefficient (Wildman–Crippen LogP) is 3.24. The van der Waals surface area contributed by atoms with Gasteiger partial charge in [0.15, 0.2) is 0 Å². The predicted molar refractivity (Wildman–Crippen MR) is 70.5 cm³/mol. The van der Waals surface area contributed by atoms with E-state index in [1.54, 1.807) is 6.07 Å². The number of nitro benzene ring substituents is 1. The molecule has 1 aromatic carbocycles. The van der Waals surface area contributed by atoms with Crippen LogP contribution in [0.1, 0.15) is 19.3 Å². The van der Waals surface area contributed by atoms with Gasteiger partial charge in [-0.3, -0.25) is 10.1 Å². The molecule has 2 aromatic rings. The Balaban J connectivity index is 2.05. The maximum absolute atomic E-state index is 11.1. The zero-order valence-electron chi connectivity index (χ0n) is 10.4. The van der Waals surface area contributed by atoms with Gasteiger partial charge in [0.05, 0.1) is 11.0 Å². The Morgan fingerprint density at radius 2 is 2.21 bits per heavy atom. The topological polar surface area (TPSA) is 71.9 Å². The third-order valence-electron chi connectivity index (χ3n) is 3.88. The average molecular weight is 255 g/mol. The van der Waals surface area contributed by atoms with Crippen LogP contribution in [0.2, 0.25) is 0 Å². The molecule has 5 nitrogen and oxygen atoms in total. The highest BCUT2D eigenvalue weighted by atomic mass is 16.6. The number of benzene rings is 1. The molecule has 0 N–H and O–H groups in total. The van der Waals surface area contributed by atoms with E-state index >= 15 is 0 Å². The van der Waals surface area contributed by atoms with Crippen molar-refractivity contribution in [1.29, 1.82) is 5.26 Å². The van der Waals surface area contributed by atoms with E-state index in [0.29, 0.717) is 18.5 Å². The van der Waals surface area contributed by atoms with Gasteiger partial charge >= 0.3 is 0 Å². The van der Waals surface area contributed by atoms with Gasteiger partial charge in [0.2, 0.25) is 0 Å². The normalized spacial score (nSPS) is 16.2. The second kappa shape index (κ2) is 4.09. The first-order valence-corrected chi connectivity index (χ1v) is 6.24. The van der Waals surface area contributed by atoms with E-state index in [2.05, 4.69) is 6.07 Å². The second-order valence-electron chi connectivity index (χ2n) is 5.25. The molecule has 19 heavy (non-hydrogen) atoms. The molecule has 5 heteroatoms. The summed E-state index contributed by atoms with van der Waals surface area (Å²) in [6.45, 7) is 0.689. The van der Waals surface area contributed by atoms with Gasteiger partial charge in [0, 0.05) is 36.0 Å². The zero-order chi connectivity index (χ0) is 13.5. The standard InChI is InChI=1S/C14H13N3O2/c15-8-7-14(5-6-14)10-16-9-4-11-2-1-3-12(13(11)16)17(18)19/h1-4,9H,5-7,10H2. The van der Waals surface area contributed by atoms with Gasteiger partial charge < -0.3 is 4.57 Å². The number of para-hydroxylation sites is 1. The highest BCUT2D eigenvalue weighted by Gasteiger charge is 2.43. The molecule has 0 radical (unpaired) electrons. The van der Waals surface area contributed by atoms with Gasteiger partial charge in [-0.05, 0) is 18.9 Å². The van der Waals surface area contributed by atoms with Gasteiger partial charge in [-0.25, -0.2) is 0 Å². The molecule has 1 aromatic heterocycles. The molecule has 3 rings (SSSR count). The van der Waals surface area contributed by atoms with Crippen LogP contribution in [0, 0.1) is 26.9 Å². The number of nitrogens with zero attached hydrogens (tertiary/aromatic N) is 3. The lowest BCUT2D eigenvalue weighted by molar-refractivity contribution is -0.383. The minimum Gasteiger partial charge on any atom is -0.341 e. The Labute approximate surface area is 110 Å². The number of nitro groups is 1. The van der Waals surface area contributed by atoms with Gasteiger partial charge in [-0.15, -0.1) is 0 Å². The van der Waals surface area contributed by atoms with E-state index in [0.717, 1.165) is 18.2 Å². The number of fused-ring (bicyclic) bond motifs is 1. The molecule has 1 aliphatic carbocycles. The first-order valence-electron chi connectivity index (χ1n) is 6.24. The highest BCUT2D eigenvalue weighted by molar-refractivity contribution is 5.88. The molecule has 0 unspecified atom stereocenters. The molecule has 1 heterocycles. The summed E-state index contributed by atoms with van der Waals surface area (Å²) < 4.78 is 1.93. The van der Waals surface area contributed by atoms with Crippen molar-refractivity contribution in [1.82, 2.24) is 4.57 Å². The molecule has 1 fully saturated rings. The molecular formula is C14H13N3O2. The average Bonchev–Trinajstić information content (AvgIpc) is 3.02. The maximum Gasteiger partial charge on any atom is 0.293 e. The SMILES string of the molecule is N#CCC1(Cn2ccc3cccc([N+](=O)[O-])c32)CC1. The van der Waals surface area contributed by atoms with Gasteiger partial charge in [0.1, 0.15) is 5.52 Å². The second-order valence-corrected chi connectivity index (χ2v) is 5.25. The summed E-state index contributed by atoms with van der Waals surface area (Å²) in [6.07, 6.45) is 4.46. The summed E-state index contributed by atoms with van der Waals surface area (Å²) >= 11 is 0. The van der Waals surface area contributed by atoms with Crippen LogP contribution >= 0.6 is 0 Å². The van der Waals surface area contributed by atoms with Crippen molar-refractivity contribution >= 4 is 16.6 Å². The number of aromatic nitrogens is 1. The smallest absolute Gasteiger partial charge is 0.293 e. The Morgan fingerprint density at radius 3 is 2.84 bits per heavy atom. The van der Waals surface area contributed by atoms with E-state index in [-0.39, 0.29) is 16.0 Å². The molecule has 1 saturated carbocycles. The van der Waals surface area contributed by atoms with Crippen LogP contribution in [0.3, 0.4) is 0 Å². The van der Waals surface area contributed by atoms with Crippen molar-refractivity contribution in [3.63, 3.8) is 0 Å².